The summed E-state index contributed by atoms with van der Waals surface area (Å²) in [6, 6.07) is 6.36. The molecule has 2 nitrogen and oxygen atoms in total. The van der Waals surface area contributed by atoms with Crippen LogP contribution in [0.2, 0.25) is 0 Å². The topological polar surface area (TPSA) is 20.3 Å². The van der Waals surface area contributed by atoms with Crippen molar-refractivity contribution in [3.8, 4) is 0 Å². The van der Waals surface area contributed by atoms with Crippen LogP contribution in [0.4, 0.5) is 5.69 Å². The Labute approximate surface area is 104 Å². The summed E-state index contributed by atoms with van der Waals surface area (Å²) in [5.74, 6) is 0.0808. The fourth-order valence-corrected chi connectivity index (χ4v) is 1.84. The summed E-state index contributed by atoms with van der Waals surface area (Å²) in [6.07, 6.45) is 3.49. The molecule has 1 aromatic carbocycles. The first kappa shape index (κ1) is 13.5. The quantitative estimate of drug-likeness (QED) is 0.723. The minimum Gasteiger partial charge on any atom is -0.372 e. The van der Waals surface area contributed by atoms with Crippen molar-refractivity contribution < 1.29 is 4.79 Å². The van der Waals surface area contributed by atoms with Gasteiger partial charge in [-0.15, -0.1) is 0 Å². The van der Waals surface area contributed by atoms with Crippen LogP contribution in [0.5, 0.6) is 0 Å². The maximum Gasteiger partial charge on any atom is 0.152 e. The van der Waals surface area contributed by atoms with E-state index in [0.717, 1.165) is 18.7 Å². The van der Waals surface area contributed by atoms with Gasteiger partial charge in [-0.25, -0.2) is 0 Å². The monoisotopic (exact) mass is 231 g/mol. The predicted molar refractivity (Wildman–Crippen MR) is 74.5 cm³/mol. The van der Waals surface area contributed by atoms with Crippen LogP contribution >= 0.6 is 0 Å². The second-order valence-corrected chi connectivity index (χ2v) is 4.16. The van der Waals surface area contributed by atoms with Crippen molar-refractivity contribution in [2.24, 2.45) is 0 Å². The number of ketones is 1. The second kappa shape index (κ2) is 6.24. The summed E-state index contributed by atoms with van der Waals surface area (Å²) in [7, 11) is 0. The standard InChI is InChI=1S/C15H21NO/c1-5-16(6-2)15-10-9-14(12(3)11-15)8-7-13(4)17/h7-11H,5-6H2,1-4H3/b8-7-. The predicted octanol–water partition coefficient (Wildman–Crippen LogP) is 3.44. The molecule has 0 unspecified atom stereocenters. The van der Waals surface area contributed by atoms with Crippen LogP contribution in [0.15, 0.2) is 24.3 Å². The van der Waals surface area contributed by atoms with E-state index in [9.17, 15) is 4.79 Å². The first-order chi connectivity index (χ1) is 8.08. The molecule has 0 aliphatic rings. The van der Waals surface area contributed by atoms with E-state index >= 15 is 0 Å². The van der Waals surface area contributed by atoms with Gasteiger partial charge in [0.2, 0.25) is 0 Å². The number of carbonyl (C=O) groups is 1. The van der Waals surface area contributed by atoms with Crippen LogP contribution in [0.1, 0.15) is 31.9 Å². The van der Waals surface area contributed by atoms with Crippen molar-refractivity contribution in [2.45, 2.75) is 27.7 Å². The maximum atomic E-state index is 10.9. The lowest BCUT2D eigenvalue weighted by Crippen LogP contribution is -2.21. The zero-order valence-corrected chi connectivity index (χ0v) is 11.2. The molecule has 0 radical (unpaired) electrons. The van der Waals surface area contributed by atoms with Crippen LogP contribution in [0.25, 0.3) is 6.08 Å². The van der Waals surface area contributed by atoms with Crippen LogP contribution < -0.4 is 4.90 Å². The Morgan fingerprint density at radius 2 is 1.94 bits per heavy atom. The van der Waals surface area contributed by atoms with Crippen molar-refractivity contribution in [3.05, 3.63) is 35.4 Å². The second-order valence-electron chi connectivity index (χ2n) is 4.16. The Balaban J connectivity index is 2.97. The lowest BCUT2D eigenvalue weighted by Gasteiger charge is -2.21. The van der Waals surface area contributed by atoms with Gasteiger partial charge in [0.15, 0.2) is 5.78 Å². The van der Waals surface area contributed by atoms with Gasteiger partial charge in [-0.2, -0.15) is 0 Å². The number of allylic oxidation sites excluding steroid dienone is 1. The van der Waals surface area contributed by atoms with E-state index in [-0.39, 0.29) is 5.78 Å². The average Bonchev–Trinajstić information content (AvgIpc) is 2.29. The van der Waals surface area contributed by atoms with Crippen molar-refractivity contribution in [2.75, 3.05) is 18.0 Å². The molecule has 92 valence electrons. The van der Waals surface area contributed by atoms with Gasteiger partial charge in [-0.3, -0.25) is 4.79 Å². The molecule has 17 heavy (non-hydrogen) atoms. The van der Waals surface area contributed by atoms with Crippen molar-refractivity contribution in [1.29, 1.82) is 0 Å². The Bertz CT molecular complexity index is 417. The number of anilines is 1. The third-order valence-corrected chi connectivity index (χ3v) is 2.88. The molecule has 0 heterocycles. The van der Waals surface area contributed by atoms with Crippen molar-refractivity contribution in [1.82, 2.24) is 0 Å². The first-order valence-corrected chi connectivity index (χ1v) is 6.12. The molecule has 0 bridgehead atoms. The molecule has 0 aliphatic heterocycles. The maximum absolute atomic E-state index is 10.9. The van der Waals surface area contributed by atoms with E-state index in [1.165, 1.54) is 11.3 Å². The van der Waals surface area contributed by atoms with Crippen LogP contribution in [-0.2, 0) is 4.79 Å². The number of rotatable bonds is 5. The Kier molecular flexibility index (Phi) is 4.95. The number of benzene rings is 1. The molecule has 0 saturated heterocycles. The number of aryl methyl sites for hydroxylation is 1. The molecule has 1 rings (SSSR count). The molecular weight excluding hydrogens is 210 g/mol. The fourth-order valence-electron chi connectivity index (χ4n) is 1.84. The highest BCUT2D eigenvalue weighted by Gasteiger charge is 2.03. The Morgan fingerprint density at radius 1 is 1.29 bits per heavy atom. The van der Waals surface area contributed by atoms with Gasteiger partial charge in [0.1, 0.15) is 0 Å². The summed E-state index contributed by atoms with van der Waals surface area (Å²) < 4.78 is 0. The van der Waals surface area contributed by atoms with Crippen LogP contribution in [-0.4, -0.2) is 18.9 Å². The Hall–Kier alpha value is -1.57. The summed E-state index contributed by atoms with van der Waals surface area (Å²) in [5.41, 5.74) is 3.55. The van der Waals surface area contributed by atoms with Crippen molar-refractivity contribution in [3.63, 3.8) is 0 Å². The zero-order valence-electron chi connectivity index (χ0n) is 11.2. The smallest absolute Gasteiger partial charge is 0.152 e. The summed E-state index contributed by atoms with van der Waals surface area (Å²) in [5, 5.41) is 0. The fraction of sp³-hybridized carbons (Fsp3) is 0.400. The van der Waals surface area contributed by atoms with E-state index in [1.54, 1.807) is 13.0 Å². The zero-order chi connectivity index (χ0) is 12.8. The van der Waals surface area contributed by atoms with Gasteiger partial charge < -0.3 is 4.90 Å². The van der Waals surface area contributed by atoms with Gasteiger partial charge in [-0.05, 0) is 57.0 Å². The molecule has 0 aliphatic carbocycles. The lowest BCUT2D eigenvalue weighted by atomic mass is 10.1. The molecular formula is C15H21NO. The van der Waals surface area contributed by atoms with E-state index in [4.69, 9.17) is 0 Å². The van der Waals surface area contributed by atoms with Gasteiger partial charge in [0.05, 0.1) is 0 Å². The number of nitrogens with zero attached hydrogens (tertiary/aromatic N) is 1. The third kappa shape index (κ3) is 3.74. The average molecular weight is 231 g/mol. The van der Waals surface area contributed by atoms with E-state index < -0.39 is 0 Å². The van der Waals surface area contributed by atoms with Gasteiger partial charge in [-0.1, -0.05) is 12.1 Å². The first-order valence-electron chi connectivity index (χ1n) is 6.12. The van der Waals surface area contributed by atoms with Crippen LogP contribution in [0, 0.1) is 6.92 Å². The van der Waals surface area contributed by atoms with Gasteiger partial charge in [0.25, 0.3) is 0 Å². The van der Waals surface area contributed by atoms with E-state index in [2.05, 4.69) is 43.9 Å². The SMILES string of the molecule is CCN(CC)c1ccc(/C=C\C(C)=O)c(C)c1. The molecule has 0 N–H and O–H groups in total. The van der Waals surface area contributed by atoms with Gasteiger partial charge >= 0.3 is 0 Å². The summed E-state index contributed by atoms with van der Waals surface area (Å²) in [4.78, 5) is 13.2. The normalized spacial score (nSPS) is 10.8. The highest BCUT2D eigenvalue weighted by molar-refractivity contribution is 5.91. The highest BCUT2D eigenvalue weighted by atomic mass is 16.1. The molecule has 2 heteroatoms. The van der Waals surface area contributed by atoms with Crippen molar-refractivity contribution >= 4 is 17.5 Å². The molecule has 0 aromatic heterocycles. The minimum atomic E-state index is 0.0808. The third-order valence-electron chi connectivity index (χ3n) is 2.88. The number of hydrogen-bond acceptors (Lipinski definition) is 2. The largest absolute Gasteiger partial charge is 0.372 e. The van der Waals surface area contributed by atoms with Crippen LogP contribution in [0.3, 0.4) is 0 Å². The molecule has 0 atom stereocenters. The molecule has 0 saturated carbocycles. The van der Waals surface area contributed by atoms with E-state index in [0.29, 0.717) is 0 Å². The number of hydrogen-bond donors (Lipinski definition) is 0. The Morgan fingerprint density at radius 3 is 2.41 bits per heavy atom. The van der Waals surface area contributed by atoms with E-state index in [1.807, 2.05) is 6.08 Å². The molecule has 0 amide bonds. The molecule has 1 aromatic rings. The van der Waals surface area contributed by atoms with Gasteiger partial charge in [0, 0.05) is 18.8 Å². The molecule has 0 spiro atoms. The lowest BCUT2D eigenvalue weighted by molar-refractivity contribution is -0.112. The number of carbonyl (C=O) groups excluding carboxylic acids is 1. The molecule has 0 fully saturated rings. The summed E-state index contributed by atoms with van der Waals surface area (Å²) >= 11 is 0. The minimum absolute atomic E-state index is 0.0808. The highest BCUT2D eigenvalue weighted by Crippen LogP contribution is 2.20. The summed E-state index contributed by atoms with van der Waals surface area (Å²) in [6.45, 7) is 9.98.